The van der Waals surface area contributed by atoms with Crippen molar-refractivity contribution in [2.45, 2.75) is 47.1 Å². The third-order valence-corrected chi connectivity index (χ3v) is 3.93. The Morgan fingerprint density at radius 1 is 0.957 bits per heavy atom. The summed E-state index contributed by atoms with van der Waals surface area (Å²) in [7, 11) is 0. The van der Waals surface area contributed by atoms with Crippen LogP contribution in [0.1, 0.15) is 42.5 Å². The molecule has 0 radical (unpaired) electrons. The van der Waals surface area contributed by atoms with Crippen molar-refractivity contribution in [3.05, 3.63) is 58.7 Å². The molecule has 0 fully saturated rings. The van der Waals surface area contributed by atoms with Gasteiger partial charge >= 0.3 is 5.97 Å². The molecule has 0 N–H and O–H groups in total. The highest BCUT2D eigenvalue weighted by molar-refractivity contribution is 5.72. The molecule has 2 rings (SSSR count). The number of ether oxygens (including phenoxy) is 2. The van der Waals surface area contributed by atoms with Crippen LogP contribution in [0, 0.1) is 13.8 Å². The molecule has 122 valence electrons. The van der Waals surface area contributed by atoms with Crippen LogP contribution in [0.15, 0.2) is 36.4 Å². The SMILES string of the molecule is CCC(=O)Oc1ccccc1COc1cc(C)c(C)cc1CC. The Kier molecular flexibility index (Phi) is 5.80. The van der Waals surface area contributed by atoms with Gasteiger partial charge in [0.05, 0.1) is 0 Å². The van der Waals surface area contributed by atoms with Gasteiger partial charge in [-0.25, -0.2) is 0 Å². The smallest absolute Gasteiger partial charge is 0.310 e. The van der Waals surface area contributed by atoms with Gasteiger partial charge in [0.2, 0.25) is 0 Å². The summed E-state index contributed by atoms with van der Waals surface area (Å²) in [6.07, 6.45) is 1.27. The fourth-order valence-electron chi connectivity index (χ4n) is 2.33. The third kappa shape index (κ3) is 4.35. The van der Waals surface area contributed by atoms with E-state index in [4.69, 9.17) is 9.47 Å². The van der Waals surface area contributed by atoms with Gasteiger partial charge in [0, 0.05) is 12.0 Å². The number of para-hydroxylation sites is 1. The lowest BCUT2D eigenvalue weighted by Crippen LogP contribution is -2.08. The van der Waals surface area contributed by atoms with E-state index in [1.165, 1.54) is 16.7 Å². The first-order valence-corrected chi connectivity index (χ1v) is 8.06. The number of hydrogen-bond donors (Lipinski definition) is 0. The predicted molar refractivity (Wildman–Crippen MR) is 92.0 cm³/mol. The topological polar surface area (TPSA) is 35.5 Å². The van der Waals surface area contributed by atoms with Crippen molar-refractivity contribution in [3.8, 4) is 11.5 Å². The number of aryl methyl sites for hydroxylation is 3. The molecule has 0 aliphatic rings. The summed E-state index contributed by atoms with van der Waals surface area (Å²) < 4.78 is 11.4. The van der Waals surface area contributed by atoms with Crippen LogP contribution in [0.5, 0.6) is 11.5 Å². The Morgan fingerprint density at radius 3 is 2.35 bits per heavy atom. The standard InChI is InChI=1S/C20H24O3/c1-5-16-11-14(3)15(4)12-19(16)22-13-17-9-7-8-10-18(17)23-20(21)6-2/h7-12H,5-6,13H2,1-4H3. The molecular weight excluding hydrogens is 288 g/mol. The van der Waals surface area contributed by atoms with Gasteiger partial charge in [0.1, 0.15) is 18.1 Å². The van der Waals surface area contributed by atoms with E-state index < -0.39 is 0 Å². The summed E-state index contributed by atoms with van der Waals surface area (Å²) >= 11 is 0. The minimum Gasteiger partial charge on any atom is -0.488 e. The van der Waals surface area contributed by atoms with Crippen LogP contribution < -0.4 is 9.47 Å². The van der Waals surface area contributed by atoms with Crippen molar-refractivity contribution in [3.63, 3.8) is 0 Å². The maximum atomic E-state index is 11.5. The van der Waals surface area contributed by atoms with E-state index in [-0.39, 0.29) is 5.97 Å². The molecule has 0 aliphatic heterocycles. The highest BCUT2D eigenvalue weighted by Gasteiger charge is 2.10. The zero-order valence-corrected chi connectivity index (χ0v) is 14.3. The van der Waals surface area contributed by atoms with Crippen LogP contribution in [0.4, 0.5) is 0 Å². The summed E-state index contributed by atoms with van der Waals surface area (Å²) in [5, 5.41) is 0. The van der Waals surface area contributed by atoms with E-state index in [0.717, 1.165) is 17.7 Å². The molecule has 0 amide bonds. The second kappa shape index (κ2) is 7.82. The van der Waals surface area contributed by atoms with E-state index in [1.807, 2.05) is 18.2 Å². The van der Waals surface area contributed by atoms with Gasteiger partial charge in [-0.2, -0.15) is 0 Å². The quantitative estimate of drug-likeness (QED) is 0.570. The highest BCUT2D eigenvalue weighted by Crippen LogP contribution is 2.26. The first-order valence-electron chi connectivity index (χ1n) is 8.06. The van der Waals surface area contributed by atoms with Crippen molar-refractivity contribution in [1.29, 1.82) is 0 Å². The molecule has 3 heteroatoms. The first-order chi connectivity index (χ1) is 11.0. The summed E-state index contributed by atoms with van der Waals surface area (Å²) in [4.78, 5) is 11.5. The Labute approximate surface area is 138 Å². The van der Waals surface area contributed by atoms with Crippen LogP contribution in [-0.4, -0.2) is 5.97 Å². The van der Waals surface area contributed by atoms with Crippen molar-refractivity contribution >= 4 is 5.97 Å². The number of benzene rings is 2. The number of hydrogen-bond acceptors (Lipinski definition) is 3. The van der Waals surface area contributed by atoms with Gasteiger partial charge in [-0.15, -0.1) is 0 Å². The number of rotatable bonds is 6. The molecule has 0 unspecified atom stereocenters. The largest absolute Gasteiger partial charge is 0.488 e. The van der Waals surface area contributed by atoms with E-state index in [0.29, 0.717) is 18.8 Å². The monoisotopic (exact) mass is 312 g/mol. The predicted octanol–water partition coefficient (Wildman–Crippen LogP) is 4.76. The molecule has 23 heavy (non-hydrogen) atoms. The molecule has 0 saturated carbocycles. The number of esters is 1. The molecule has 0 heterocycles. The Balaban J connectivity index is 2.18. The molecule has 2 aromatic carbocycles. The summed E-state index contributed by atoms with van der Waals surface area (Å²) in [5.41, 5.74) is 4.54. The van der Waals surface area contributed by atoms with E-state index in [9.17, 15) is 4.79 Å². The Hall–Kier alpha value is -2.29. The first kappa shape index (κ1) is 17.1. The van der Waals surface area contributed by atoms with Crippen LogP contribution in [0.2, 0.25) is 0 Å². The lowest BCUT2D eigenvalue weighted by Gasteiger charge is -2.15. The minimum atomic E-state index is -0.238. The lowest BCUT2D eigenvalue weighted by molar-refractivity contribution is -0.134. The average Bonchev–Trinajstić information content (AvgIpc) is 2.56. The van der Waals surface area contributed by atoms with E-state index >= 15 is 0 Å². The fraction of sp³-hybridized carbons (Fsp3) is 0.350. The third-order valence-electron chi connectivity index (χ3n) is 3.93. The van der Waals surface area contributed by atoms with Crippen molar-refractivity contribution < 1.29 is 14.3 Å². The van der Waals surface area contributed by atoms with Gasteiger partial charge in [0.25, 0.3) is 0 Å². The normalized spacial score (nSPS) is 10.4. The van der Waals surface area contributed by atoms with Crippen LogP contribution >= 0.6 is 0 Å². The lowest BCUT2D eigenvalue weighted by atomic mass is 10.0. The summed E-state index contributed by atoms with van der Waals surface area (Å²) in [6, 6.07) is 11.7. The molecule has 0 saturated heterocycles. The zero-order valence-electron chi connectivity index (χ0n) is 14.3. The molecule has 0 bridgehead atoms. The molecule has 0 aliphatic carbocycles. The molecule has 0 aromatic heterocycles. The zero-order chi connectivity index (χ0) is 16.8. The van der Waals surface area contributed by atoms with Gasteiger partial charge in [-0.1, -0.05) is 38.1 Å². The molecular formula is C20H24O3. The van der Waals surface area contributed by atoms with Crippen LogP contribution in [0.25, 0.3) is 0 Å². The maximum absolute atomic E-state index is 11.5. The summed E-state index contributed by atoms with van der Waals surface area (Å²) in [5.74, 6) is 1.23. The van der Waals surface area contributed by atoms with E-state index in [2.05, 4.69) is 32.9 Å². The van der Waals surface area contributed by atoms with Crippen molar-refractivity contribution in [2.75, 3.05) is 0 Å². The minimum absolute atomic E-state index is 0.238. The summed E-state index contributed by atoms with van der Waals surface area (Å²) in [6.45, 7) is 8.47. The van der Waals surface area contributed by atoms with Crippen LogP contribution in [0.3, 0.4) is 0 Å². The molecule has 3 nitrogen and oxygen atoms in total. The molecule has 2 aromatic rings. The van der Waals surface area contributed by atoms with Gasteiger partial charge in [0.15, 0.2) is 0 Å². The number of carbonyl (C=O) groups excluding carboxylic acids is 1. The van der Waals surface area contributed by atoms with Crippen molar-refractivity contribution in [2.24, 2.45) is 0 Å². The molecule has 0 atom stereocenters. The Bertz CT molecular complexity index is 689. The van der Waals surface area contributed by atoms with Crippen molar-refractivity contribution in [1.82, 2.24) is 0 Å². The second-order valence-corrected chi connectivity index (χ2v) is 5.62. The average molecular weight is 312 g/mol. The second-order valence-electron chi connectivity index (χ2n) is 5.62. The highest BCUT2D eigenvalue weighted by atomic mass is 16.5. The van der Waals surface area contributed by atoms with E-state index in [1.54, 1.807) is 13.0 Å². The molecule has 0 spiro atoms. The van der Waals surface area contributed by atoms with Crippen LogP contribution in [-0.2, 0) is 17.8 Å². The van der Waals surface area contributed by atoms with Gasteiger partial charge in [-0.05, 0) is 49.1 Å². The number of carbonyl (C=O) groups is 1. The maximum Gasteiger partial charge on any atom is 0.310 e. The van der Waals surface area contributed by atoms with Gasteiger partial charge in [-0.3, -0.25) is 4.79 Å². The fourth-order valence-corrected chi connectivity index (χ4v) is 2.33. The van der Waals surface area contributed by atoms with Gasteiger partial charge < -0.3 is 9.47 Å². The Morgan fingerprint density at radius 2 is 1.65 bits per heavy atom.